The number of nitrogens with two attached hydrogens (primary N) is 2. The molecule has 1 heterocycles. The van der Waals surface area contributed by atoms with Gasteiger partial charge in [-0.15, -0.1) is 0 Å². The third-order valence-electron chi connectivity index (χ3n) is 3.91. The van der Waals surface area contributed by atoms with Crippen molar-refractivity contribution in [2.24, 2.45) is 11.5 Å². The molecular weight excluding hydrogens is 658 g/mol. The maximum atomic E-state index is 11.1. The number of nitrogens with zero attached hydrogens (tertiary/aromatic N) is 2. The fourth-order valence-electron chi connectivity index (χ4n) is 2.18. The quantitative estimate of drug-likeness (QED) is 0.138. The van der Waals surface area contributed by atoms with Crippen molar-refractivity contribution < 1.29 is 93.2 Å². The molecular formula is C16H28F6FeN4O11S2+2. The zero-order valence-electron chi connectivity index (χ0n) is 20.5. The number of carbonyl (C=O) groups excluding carboxylic acids is 2. The maximum absolute atomic E-state index is 11.1. The SMILES string of the molecule is NC(=O)CN1CCOCCOCCN(CC(N)=O)CCOCC1.O=S(=O)([O-])C(F)(F)F.O=S(=O)([O-])C(F)(F)F.[Fe+4]. The van der Waals surface area contributed by atoms with Crippen molar-refractivity contribution in [1.29, 1.82) is 0 Å². The fraction of sp³-hybridized carbons (Fsp3) is 0.875. The van der Waals surface area contributed by atoms with Crippen molar-refractivity contribution in [1.82, 2.24) is 9.80 Å². The van der Waals surface area contributed by atoms with E-state index in [1.807, 2.05) is 9.80 Å². The summed E-state index contributed by atoms with van der Waals surface area (Å²) in [6.07, 6.45) is 0. The number of amides is 2. The van der Waals surface area contributed by atoms with Crippen LogP contribution in [-0.2, 0) is 61.1 Å². The van der Waals surface area contributed by atoms with Crippen LogP contribution in [-0.4, -0.2) is 137 Å². The Labute approximate surface area is 236 Å². The van der Waals surface area contributed by atoms with Gasteiger partial charge in [-0.25, -0.2) is 16.8 Å². The Hall–Kier alpha value is -1.34. The van der Waals surface area contributed by atoms with Gasteiger partial charge in [0, 0.05) is 26.2 Å². The van der Waals surface area contributed by atoms with Gasteiger partial charge in [-0.1, -0.05) is 0 Å². The number of hydrogen-bond acceptors (Lipinski definition) is 13. The number of rotatable bonds is 4. The first-order chi connectivity index (χ1) is 17.6. The average Bonchev–Trinajstić information content (AvgIpc) is 2.72. The molecule has 4 N–H and O–H groups in total. The summed E-state index contributed by atoms with van der Waals surface area (Å²) >= 11 is 0. The van der Waals surface area contributed by atoms with Crippen LogP contribution in [0, 0.1) is 0 Å². The van der Waals surface area contributed by atoms with E-state index in [1.54, 1.807) is 0 Å². The third kappa shape index (κ3) is 24.5. The van der Waals surface area contributed by atoms with Crippen LogP contribution in [0.25, 0.3) is 0 Å². The van der Waals surface area contributed by atoms with E-state index >= 15 is 0 Å². The van der Waals surface area contributed by atoms with E-state index in [9.17, 15) is 35.9 Å². The Balaban J connectivity index is -0.000000662. The molecule has 0 aromatic carbocycles. The molecule has 0 unspecified atom stereocenters. The van der Waals surface area contributed by atoms with Gasteiger partial charge in [-0.2, -0.15) is 26.3 Å². The summed E-state index contributed by atoms with van der Waals surface area (Å²) in [4.78, 5) is 25.9. The van der Waals surface area contributed by atoms with Gasteiger partial charge in [0.15, 0.2) is 20.2 Å². The molecule has 0 atom stereocenters. The van der Waals surface area contributed by atoms with Gasteiger partial charge in [-0.05, 0) is 0 Å². The average molecular weight is 686 g/mol. The standard InChI is InChI=1S/C14H28N4O5.2CHF3O3S.Fe/c15-13(19)11-17-1-5-21-6-2-18(12-14(16)20)4-8-23-10-9-22-7-3-17;2*2-1(3,4)8(5,6)7;/h1-12H2,(H2,15,19)(H2,16,20);2*(H,5,6,7);/q;;;+4/p-2. The molecule has 238 valence electrons. The zero-order valence-corrected chi connectivity index (χ0v) is 23.2. The van der Waals surface area contributed by atoms with Crippen molar-refractivity contribution >= 4 is 32.1 Å². The zero-order chi connectivity index (χ0) is 30.9. The predicted octanol–water partition coefficient (Wildman–Crippen LogP) is -2.28. The Bertz CT molecular complexity index is 867. The smallest absolute Gasteiger partial charge is 0.741 e. The van der Waals surface area contributed by atoms with Crippen LogP contribution in [0.5, 0.6) is 0 Å². The maximum Gasteiger partial charge on any atom is 4.00 e. The van der Waals surface area contributed by atoms with E-state index in [4.69, 9.17) is 51.6 Å². The largest absolute Gasteiger partial charge is 4.00 e. The van der Waals surface area contributed by atoms with Crippen LogP contribution >= 0.6 is 0 Å². The van der Waals surface area contributed by atoms with Crippen molar-refractivity contribution in [3.8, 4) is 0 Å². The minimum Gasteiger partial charge on any atom is -0.741 e. The Morgan fingerprint density at radius 1 is 0.625 bits per heavy atom. The predicted molar refractivity (Wildman–Crippen MR) is 115 cm³/mol. The molecule has 15 nitrogen and oxygen atoms in total. The van der Waals surface area contributed by atoms with Gasteiger partial charge >= 0.3 is 28.1 Å². The normalized spacial score (nSPS) is 17.8. The summed E-state index contributed by atoms with van der Waals surface area (Å²) in [6, 6.07) is 0. The van der Waals surface area contributed by atoms with Gasteiger partial charge in [0.1, 0.15) is 0 Å². The van der Waals surface area contributed by atoms with Crippen molar-refractivity contribution in [2.75, 3.05) is 78.9 Å². The fourth-order valence-corrected chi connectivity index (χ4v) is 2.18. The van der Waals surface area contributed by atoms with Crippen LogP contribution < -0.4 is 11.5 Å². The van der Waals surface area contributed by atoms with E-state index in [0.29, 0.717) is 65.8 Å². The number of carbonyl (C=O) groups is 2. The number of primary amides is 2. The molecule has 24 heteroatoms. The van der Waals surface area contributed by atoms with Gasteiger partial charge in [0.2, 0.25) is 11.8 Å². The van der Waals surface area contributed by atoms with Crippen LogP contribution in [0.1, 0.15) is 0 Å². The number of halogens is 6. The molecule has 1 aliphatic rings. The molecule has 0 radical (unpaired) electrons. The Morgan fingerprint density at radius 2 is 0.825 bits per heavy atom. The summed E-state index contributed by atoms with van der Waals surface area (Å²) in [5.74, 6) is -0.752. The second kappa shape index (κ2) is 20.5. The molecule has 1 aliphatic heterocycles. The summed E-state index contributed by atoms with van der Waals surface area (Å²) in [7, 11) is -12.2. The van der Waals surface area contributed by atoms with E-state index in [0.717, 1.165) is 0 Å². The van der Waals surface area contributed by atoms with Crippen LogP contribution in [0.4, 0.5) is 26.3 Å². The first kappa shape index (κ1) is 43.1. The van der Waals surface area contributed by atoms with Gasteiger partial charge in [0.25, 0.3) is 0 Å². The van der Waals surface area contributed by atoms with Crippen molar-refractivity contribution in [2.45, 2.75) is 11.0 Å². The third-order valence-corrected chi connectivity index (χ3v) is 5.04. The second-order valence-electron chi connectivity index (χ2n) is 7.12. The monoisotopic (exact) mass is 686 g/mol. The molecule has 0 saturated carbocycles. The number of ether oxygens (including phenoxy) is 3. The molecule has 0 aromatic heterocycles. The molecule has 0 aromatic rings. The first-order valence-corrected chi connectivity index (χ1v) is 13.2. The van der Waals surface area contributed by atoms with Gasteiger partial charge in [0.05, 0.1) is 52.7 Å². The Morgan fingerprint density at radius 3 is 1.00 bits per heavy atom. The molecule has 2 amide bonds. The molecule has 0 bridgehead atoms. The second-order valence-corrected chi connectivity index (χ2v) is 9.86. The molecule has 1 fully saturated rings. The first-order valence-electron chi connectivity index (χ1n) is 10.4. The molecule has 0 aliphatic carbocycles. The molecule has 0 spiro atoms. The van der Waals surface area contributed by atoms with Gasteiger partial charge < -0.3 is 34.8 Å². The summed E-state index contributed by atoms with van der Waals surface area (Å²) in [5.41, 5.74) is -0.817. The van der Waals surface area contributed by atoms with E-state index in [-0.39, 0.29) is 42.0 Å². The van der Waals surface area contributed by atoms with E-state index in [1.165, 1.54) is 0 Å². The van der Waals surface area contributed by atoms with Crippen LogP contribution in [0.3, 0.4) is 0 Å². The number of alkyl halides is 6. The van der Waals surface area contributed by atoms with Gasteiger partial charge in [-0.3, -0.25) is 19.4 Å². The minimum absolute atomic E-state index is 0. The van der Waals surface area contributed by atoms with Crippen LogP contribution in [0.2, 0.25) is 0 Å². The van der Waals surface area contributed by atoms with Crippen molar-refractivity contribution in [3.63, 3.8) is 0 Å². The summed E-state index contributed by atoms with van der Waals surface area (Å²) in [6.45, 7) is 5.70. The van der Waals surface area contributed by atoms with E-state index < -0.39 is 31.3 Å². The number of hydrogen-bond donors (Lipinski definition) is 2. The topological polar surface area (TPSA) is 235 Å². The van der Waals surface area contributed by atoms with E-state index in [2.05, 4.69) is 0 Å². The molecule has 1 saturated heterocycles. The summed E-state index contributed by atoms with van der Waals surface area (Å²) < 4.78 is 134. The molecule has 1 rings (SSSR count). The minimum atomic E-state index is -6.09. The summed E-state index contributed by atoms with van der Waals surface area (Å²) in [5, 5.41) is 0. The van der Waals surface area contributed by atoms with Crippen LogP contribution in [0.15, 0.2) is 0 Å². The van der Waals surface area contributed by atoms with Crippen molar-refractivity contribution in [3.05, 3.63) is 0 Å². The molecule has 40 heavy (non-hydrogen) atoms. The Kier molecular flexibility index (Phi) is 22.1.